The summed E-state index contributed by atoms with van der Waals surface area (Å²) in [7, 11) is 0. The van der Waals surface area contributed by atoms with Gasteiger partial charge >= 0.3 is 0 Å². The molecule has 1 unspecified atom stereocenters. The molecule has 1 aliphatic rings. The fourth-order valence-corrected chi connectivity index (χ4v) is 2.69. The van der Waals surface area contributed by atoms with Crippen molar-refractivity contribution >= 4 is 23.1 Å². The van der Waals surface area contributed by atoms with E-state index in [1.165, 1.54) is 12.1 Å². The summed E-state index contributed by atoms with van der Waals surface area (Å²) in [4.78, 5) is 6.04. The summed E-state index contributed by atoms with van der Waals surface area (Å²) >= 11 is 6.19. The smallest absolute Gasteiger partial charge is 0.125 e. The predicted molar refractivity (Wildman–Crippen MR) is 81.0 cm³/mol. The van der Waals surface area contributed by atoms with Gasteiger partial charge in [0.05, 0.1) is 17.3 Å². The van der Waals surface area contributed by atoms with Crippen LogP contribution in [-0.4, -0.2) is 24.7 Å². The number of morpholine rings is 1. The Morgan fingerprint density at radius 2 is 2.24 bits per heavy atom. The lowest BCUT2D eigenvalue weighted by atomic mass is 10.1. The molecule has 0 spiro atoms. The summed E-state index contributed by atoms with van der Waals surface area (Å²) in [5.41, 5.74) is 7.37. The van der Waals surface area contributed by atoms with Crippen LogP contribution in [0.25, 0.3) is 0 Å². The first-order valence-electron chi connectivity index (χ1n) is 6.66. The lowest BCUT2D eigenvalue weighted by Crippen LogP contribution is -2.38. The normalized spacial score (nSPS) is 18.8. The molecule has 0 saturated carbocycles. The van der Waals surface area contributed by atoms with Gasteiger partial charge < -0.3 is 15.4 Å². The topological polar surface area (TPSA) is 51.4 Å². The van der Waals surface area contributed by atoms with E-state index in [2.05, 4.69) is 9.88 Å². The van der Waals surface area contributed by atoms with Gasteiger partial charge in [-0.15, -0.1) is 0 Å². The first-order valence-corrected chi connectivity index (χ1v) is 7.04. The van der Waals surface area contributed by atoms with Crippen LogP contribution in [0.15, 0.2) is 36.5 Å². The molecule has 0 bridgehead atoms. The van der Waals surface area contributed by atoms with Crippen LogP contribution in [0.3, 0.4) is 0 Å². The Kier molecular flexibility index (Phi) is 3.94. The SMILES string of the molecule is Nc1cc(N2CCOC(c3cccc(F)c3)C2)c(Cl)cn1. The Morgan fingerprint density at radius 1 is 1.38 bits per heavy atom. The minimum absolute atomic E-state index is 0.195. The highest BCUT2D eigenvalue weighted by Crippen LogP contribution is 2.31. The maximum Gasteiger partial charge on any atom is 0.125 e. The van der Waals surface area contributed by atoms with Gasteiger partial charge in [0, 0.05) is 25.4 Å². The second kappa shape index (κ2) is 5.87. The Bertz CT molecular complexity index is 653. The van der Waals surface area contributed by atoms with Crippen molar-refractivity contribution in [3.63, 3.8) is 0 Å². The van der Waals surface area contributed by atoms with Crippen molar-refractivity contribution in [3.8, 4) is 0 Å². The zero-order valence-electron chi connectivity index (χ0n) is 11.3. The van der Waals surface area contributed by atoms with E-state index in [9.17, 15) is 4.39 Å². The molecule has 2 heterocycles. The molecular formula is C15H15ClFN3O. The van der Waals surface area contributed by atoms with Gasteiger partial charge in [-0.25, -0.2) is 9.37 Å². The summed E-state index contributed by atoms with van der Waals surface area (Å²) in [5, 5.41) is 0.545. The molecule has 2 aromatic rings. The number of nitrogens with zero attached hydrogens (tertiary/aromatic N) is 2. The number of anilines is 2. The van der Waals surface area contributed by atoms with Crippen LogP contribution in [0.4, 0.5) is 15.9 Å². The van der Waals surface area contributed by atoms with Crippen molar-refractivity contribution in [2.45, 2.75) is 6.10 Å². The third-order valence-corrected chi connectivity index (χ3v) is 3.78. The highest BCUT2D eigenvalue weighted by Gasteiger charge is 2.24. The minimum atomic E-state index is -0.264. The van der Waals surface area contributed by atoms with E-state index in [0.29, 0.717) is 30.5 Å². The lowest BCUT2D eigenvalue weighted by Gasteiger charge is -2.35. The third-order valence-electron chi connectivity index (χ3n) is 3.48. The highest BCUT2D eigenvalue weighted by molar-refractivity contribution is 6.33. The molecule has 1 aromatic heterocycles. The van der Waals surface area contributed by atoms with E-state index in [1.54, 1.807) is 18.3 Å². The van der Waals surface area contributed by atoms with Gasteiger partial charge in [-0.05, 0) is 17.7 Å². The molecule has 2 N–H and O–H groups in total. The summed E-state index contributed by atoms with van der Waals surface area (Å²) in [5.74, 6) is 0.155. The number of hydrogen-bond acceptors (Lipinski definition) is 4. The Balaban J connectivity index is 1.84. The number of nitrogens with two attached hydrogens (primary N) is 1. The van der Waals surface area contributed by atoms with Crippen LogP contribution in [0.5, 0.6) is 0 Å². The number of benzene rings is 1. The molecule has 0 radical (unpaired) electrons. The lowest BCUT2D eigenvalue weighted by molar-refractivity contribution is 0.0396. The fraction of sp³-hybridized carbons (Fsp3) is 0.267. The van der Waals surface area contributed by atoms with E-state index in [1.807, 2.05) is 6.07 Å². The third kappa shape index (κ3) is 3.09. The number of ether oxygens (including phenoxy) is 1. The molecule has 0 aliphatic carbocycles. The van der Waals surface area contributed by atoms with Crippen molar-refractivity contribution in [2.75, 3.05) is 30.3 Å². The van der Waals surface area contributed by atoms with Gasteiger partial charge in [-0.2, -0.15) is 0 Å². The van der Waals surface area contributed by atoms with Crippen LogP contribution < -0.4 is 10.6 Å². The van der Waals surface area contributed by atoms with E-state index in [0.717, 1.165) is 11.3 Å². The quantitative estimate of drug-likeness (QED) is 0.926. The summed E-state index contributed by atoms with van der Waals surface area (Å²) in [6, 6.07) is 8.21. The molecule has 4 nitrogen and oxygen atoms in total. The zero-order chi connectivity index (χ0) is 14.8. The van der Waals surface area contributed by atoms with Crippen molar-refractivity contribution in [1.29, 1.82) is 0 Å². The molecule has 6 heteroatoms. The molecule has 110 valence electrons. The first-order chi connectivity index (χ1) is 10.1. The van der Waals surface area contributed by atoms with Crippen LogP contribution in [-0.2, 0) is 4.74 Å². The minimum Gasteiger partial charge on any atom is -0.384 e. The number of halogens is 2. The fourth-order valence-electron chi connectivity index (χ4n) is 2.46. The molecule has 3 rings (SSSR count). The van der Waals surface area contributed by atoms with Gasteiger partial charge in [0.1, 0.15) is 17.7 Å². The van der Waals surface area contributed by atoms with E-state index in [4.69, 9.17) is 22.1 Å². The molecule has 21 heavy (non-hydrogen) atoms. The summed E-state index contributed by atoms with van der Waals surface area (Å²) in [6.45, 7) is 1.83. The highest BCUT2D eigenvalue weighted by atomic mass is 35.5. The number of pyridine rings is 1. The molecule has 1 saturated heterocycles. The van der Waals surface area contributed by atoms with Crippen LogP contribution in [0, 0.1) is 5.82 Å². The predicted octanol–water partition coefficient (Wildman–Crippen LogP) is 3.03. The number of hydrogen-bond donors (Lipinski definition) is 1. The second-order valence-corrected chi connectivity index (χ2v) is 5.33. The molecular weight excluding hydrogens is 293 g/mol. The summed E-state index contributed by atoms with van der Waals surface area (Å²) in [6.07, 6.45) is 1.35. The number of rotatable bonds is 2. The first kappa shape index (κ1) is 14.1. The van der Waals surface area contributed by atoms with E-state index < -0.39 is 0 Å². The Hall–Kier alpha value is -1.85. The standard InChI is InChI=1S/C15H15ClFN3O/c16-12-8-19-15(18)7-13(12)20-4-5-21-14(9-20)10-2-1-3-11(17)6-10/h1-3,6-8,14H,4-5,9H2,(H2,18,19). The van der Waals surface area contributed by atoms with Crippen LogP contribution >= 0.6 is 11.6 Å². The number of aromatic nitrogens is 1. The monoisotopic (exact) mass is 307 g/mol. The van der Waals surface area contributed by atoms with Crippen molar-refractivity contribution in [3.05, 3.63) is 52.9 Å². The summed E-state index contributed by atoms with van der Waals surface area (Å²) < 4.78 is 19.1. The zero-order valence-corrected chi connectivity index (χ0v) is 12.1. The maximum absolute atomic E-state index is 13.3. The van der Waals surface area contributed by atoms with Crippen LogP contribution in [0.2, 0.25) is 5.02 Å². The molecule has 1 atom stereocenters. The molecule has 1 aliphatic heterocycles. The van der Waals surface area contributed by atoms with Crippen molar-refractivity contribution in [2.24, 2.45) is 0 Å². The van der Waals surface area contributed by atoms with E-state index >= 15 is 0 Å². The molecule has 1 aromatic carbocycles. The van der Waals surface area contributed by atoms with Gasteiger partial charge in [0.2, 0.25) is 0 Å². The average Bonchev–Trinajstić information content (AvgIpc) is 2.50. The second-order valence-electron chi connectivity index (χ2n) is 4.92. The van der Waals surface area contributed by atoms with Crippen molar-refractivity contribution in [1.82, 2.24) is 4.98 Å². The Labute approximate surface area is 127 Å². The number of nitrogen functional groups attached to an aromatic ring is 1. The largest absolute Gasteiger partial charge is 0.384 e. The molecule has 0 amide bonds. The average molecular weight is 308 g/mol. The van der Waals surface area contributed by atoms with Crippen LogP contribution in [0.1, 0.15) is 11.7 Å². The van der Waals surface area contributed by atoms with Gasteiger partial charge in [0.15, 0.2) is 0 Å². The van der Waals surface area contributed by atoms with Gasteiger partial charge in [-0.1, -0.05) is 23.7 Å². The maximum atomic E-state index is 13.3. The van der Waals surface area contributed by atoms with Gasteiger partial charge in [-0.3, -0.25) is 0 Å². The van der Waals surface area contributed by atoms with E-state index in [-0.39, 0.29) is 11.9 Å². The Morgan fingerprint density at radius 3 is 3.05 bits per heavy atom. The van der Waals surface area contributed by atoms with Crippen molar-refractivity contribution < 1.29 is 9.13 Å². The van der Waals surface area contributed by atoms with Gasteiger partial charge in [0.25, 0.3) is 0 Å². The molecule has 1 fully saturated rings.